The smallest absolute Gasteiger partial charge is 0.277 e. The lowest BCUT2D eigenvalue weighted by molar-refractivity contribution is -0.123. The molecular formula is C22H22N2O3. The third-order valence-electron chi connectivity index (χ3n) is 4.16. The van der Waals surface area contributed by atoms with Crippen molar-refractivity contribution in [2.75, 3.05) is 13.7 Å². The summed E-state index contributed by atoms with van der Waals surface area (Å²) >= 11 is 0. The SMILES string of the molecule is CC/C(=N\NC(=O)COc1ccc2ccccc2c1)c1ccc(OC)cc1. The van der Waals surface area contributed by atoms with Crippen LogP contribution in [0.5, 0.6) is 11.5 Å². The Morgan fingerprint density at radius 3 is 2.37 bits per heavy atom. The third kappa shape index (κ3) is 4.85. The van der Waals surface area contributed by atoms with Crippen LogP contribution in [-0.4, -0.2) is 25.3 Å². The van der Waals surface area contributed by atoms with Gasteiger partial charge in [0.25, 0.3) is 5.91 Å². The van der Waals surface area contributed by atoms with Crippen molar-refractivity contribution in [3.8, 4) is 11.5 Å². The first-order valence-corrected chi connectivity index (χ1v) is 8.81. The number of methoxy groups -OCH3 is 1. The van der Waals surface area contributed by atoms with Crippen LogP contribution in [-0.2, 0) is 4.79 Å². The van der Waals surface area contributed by atoms with Crippen molar-refractivity contribution in [2.45, 2.75) is 13.3 Å². The Morgan fingerprint density at radius 1 is 0.963 bits per heavy atom. The predicted octanol–water partition coefficient (Wildman–Crippen LogP) is 4.16. The molecule has 0 bridgehead atoms. The molecule has 0 spiro atoms. The van der Waals surface area contributed by atoms with Crippen LogP contribution in [0.15, 0.2) is 71.8 Å². The van der Waals surface area contributed by atoms with Gasteiger partial charge in [-0.2, -0.15) is 5.10 Å². The number of nitrogens with zero attached hydrogens (tertiary/aromatic N) is 1. The zero-order valence-electron chi connectivity index (χ0n) is 15.4. The van der Waals surface area contributed by atoms with E-state index in [2.05, 4.69) is 10.5 Å². The first-order chi connectivity index (χ1) is 13.2. The molecule has 27 heavy (non-hydrogen) atoms. The van der Waals surface area contributed by atoms with Crippen LogP contribution < -0.4 is 14.9 Å². The fourth-order valence-corrected chi connectivity index (χ4v) is 2.70. The number of hydrazone groups is 1. The first-order valence-electron chi connectivity index (χ1n) is 8.81. The number of benzene rings is 3. The van der Waals surface area contributed by atoms with E-state index >= 15 is 0 Å². The van der Waals surface area contributed by atoms with Gasteiger partial charge in [-0.05, 0) is 59.2 Å². The van der Waals surface area contributed by atoms with Gasteiger partial charge in [0.05, 0.1) is 12.8 Å². The highest BCUT2D eigenvalue weighted by Gasteiger charge is 2.06. The highest BCUT2D eigenvalue weighted by molar-refractivity contribution is 6.01. The predicted molar refractivity (Wildman–Crippen MR) is 107 cm³/mol. The summed E-state index contributed by atoms with van der Waals surface area (Å²) < 4.78 is 10.7. The number of hydrogen-bond donors (Lipinski definition) is 1. The van der Waals surface area contributed by atoms with Crippen molar-refractivity contribution in [2.24, 2.45) is 5.10 Å². The van der Waals surface area contributed by atoms with E-state index in [1.165, 1.54) is 0 Å². The van der Waals surface area contributed by atoms with E-state index in [-0.39, 0.29) is 12.5 Å². The van der Waals surface area contributed by atoms with Crippen LogP contribution in [0, 0.1) is 0 Å². The summed E-state index contributed by atoms with van der Waals surface area (Å²) in [7, 11) is 1.62. The molecule has 0 heterocycles. The topological polar surface area (TPSA) is 59.9 Å². The van der Waals surface area contributed by atoms with Crippen LogP contribution in [0.25, 0.3) is 10.8 Å². The van der Waals surface area contributed by atoms with E-state index < -0.39 is 0 Å². The van der Waals surface area contributed by atoms with Crippen molar-refractivity contribution in [3.05, 3.63) is 72.3 Å². The summed E-state index contributed by atoms with van der Waals surface area (Å²) in [6.07, 6.45) is 0.693. The zero-order valence-corrected chi connectivity index (χ0v) is 15.4. The van der Waals surface area contributed by atoms with Gasteiger partial charge in [0.2, 0.25) is 0 Å². The molecule has 0 unspecified atom stereocenters. The highest BCUT2D eigenvalue weighted by Crippen LogP contribution is 2.20. The van der Waals surface area contributed by atoms with Gasteiger partial charge in [-0.15, -0.1) is 0 Å². The molecule has 138 valence electrons. The van der Waals surface area contributed by atoms with E-state index in [0.717, 1.165) is 27.8 Å². The van der Waals surface area contributed by atoms with Crippen LogP contribution in [0.4, 0.5) is 0 Å². The minimum Gasteiger partial charge on any atom is -0.497 e. The number of nitrogens with one attached hydrogen (secondary N) is 1. The van der Waals surface area contributed by atoms with Gasteiger partial charge in [0, 0.05) is 0 Å². The maximum atomic E-state index is 12.1. The minimum absolute atomic E-state index is 0.0958. The number of carbonyl (C=O) groups is 1. The monoisotopic (exact) mass is 362 g/mol. The normalized spacial score (nSPS) is 11.3. The number of hydrogen-bond acceptors (Lipinski definition) is 4. The molecule has 1 N–H and O–H groups in total. The van der Waals surface area contributed by atoms with Crippen LogP contribution in [0.2, 0.25) is 0 Å². The summed E-state index contributed by atoms with van der Waals surface area (Å²) in [5, 5.41) is 6.43. The van der Waals surface area contributed by atoms with Gasteiger partial charge >= 0.3 is 0 Å². The molecule has 0 atom stereocenters. The molecule has 1 amide bonds. The maximum absolute atomic E-state index is 12.1. The van der Waals surface area contributed by atoms with Gasteiger partial charge < -0.3 is 9.47 Å². The standard InChI is InChI=1S/C22H22N2O3/c1-3-21(17-9-11-19(26-2)12-10-17)23-24-22(25)15-27-20-13-8-16-6-4-5-7-18(16)14-20/h4-14H,3,15H2,1-2H3,(H,24,25)/b23-21+. The molecule has 5 heteroatoms. The molecule has 5 nitrogen and oxygen atoms in total. The lowest BCUT2D eigenvalue weighted by atomic mass is 10.1. The highest BCUT2D eigenvalue weighted by atomic mass is 16.5. The Balaban J connectivity index is 1.59. The summed E-state index contributed by atoms with van der Waals surface area (Å²) in [5.74, 6) is 1.13. The number of fused-ring (bicyclic) bond motifs is 1. The zero-order chi connectivity index (χ0) is 19.1. The first kappa shape index (κ1) is 18.5. The van der Waals surface area contributed by atoms with Gasteiger partial charge in [-0.1, -0.05) is 37.3 Å². The summed E-state index contributed by atoms with van der Waals surface area (Å²) in [6, 6.07) is 21.3. The van der Waals surface area contributed by atoms with Gasteiger partial charge in [0.1, 0.15) is 11.5 Å². The molecule has 3 rings (SSSR count). The Morgan fingerprint density at radius 2 is 1.67 bits per heavy atom. The van der Waals surface area contributed by atoms with Gasteiger partial charge in [0.15, 0.2) is 6.61 Å². The quantitative estimate of drug-likeness (QED) is 0.507. The summed E-state index contributed by atoms with van der Waals surface area (Å²) in [6.45, 7) is 1.89. The molecule has 0 fully saturated rings. The van der Waals surface area contributed by atoms with Crippen LogP contribution in [0.3, 0.4) is 0 Å². The molecule has 0 aromatic heterocycles. The van der Waals surface area contributed by atoms with Crippen LogP contribution >= 0.6 is 0 Å². The fraction of sp³-hybridized carbons (Fsp3) is 0.182. The van der Waals surface area contributed by atoms with Crippen LogP contribution in [0.1, 0.15) is 18.9 Å². The van der Waals surface area contributed by atoms with E-state index in [4.69, 9.17) is 9.47 Å². The van der Waals surface area contributed by atoms with E-state index in [1.807, 2.05) is 73.7 Å². The molecule has 0 radical (unpaired) electrons. The summed E-state index contributed by atoms with van der Waals surface area (Å²) in [4.78, 5) is 12.1. The average molecular weight is 362 g/mol. The maximum Gasteiger partial charge on any atom is 0.277 e. The molecule has 3 aromatic carbocycles. The second-order valence-electron chi connectivity index (χ2n) is 5.97. The van der Waals surface area contributed by atoms with E-state index in [9.17, 15) is 4.79 Å². The van der Waals surface area contributed by atoms with Crippen molar-refractivity contribution in [1.82, 2.24) is 5.43 Å². The molecule has 3 aromatic rings. The average Bonchev–Trinajstić information content (AvgIpc) is 2.73. The minimum atomic E-state index is -0.303. The van der Waals surface area contributed by atoms with Gasteiger partial charge in [-0.25, -0.2) is 5.43 Å². The second kappa shape index (κ2) is 8.85. The van der Waals surface area contributed by atoms with Crippen molar-refractivity contribution in [1.29, 1.82) is 0 Å². The lowest BCUT2D eigenvalue weighted by Gasteiger charge is -2.08. The molecule has 0 saturated carbocycles. The third-order valence-corrected chi connectivity index (χ3v) is 4.16. The fourth-order valence-electron chi connectivity index (χ4n) is 2.70. The van der Waals surface area contributed by atoms with Crippen molar-refractivity contribution < 1.29 is 14.3 Å². The largest absolute Gasteiger partial charge is 0.497 e. The van der Waals surface area contributed by atoms with Crippen molar-refractivity contribution >= 4 is 22.4 Å². The molecular weight excluding hydrogens is 340 g/mol. The summed E-state index contributed by atoms with van der Waals surface area (Å²) in [5.41, 5.74) is 4.29. The Kier molecular flexibility index (Phi) is 6.05. The number of carbonyl (C=O) groups excluding carboxylic acids is 1. The lowest BCUT2D eigenvalue weighted by Crippen LogP contribution is -2.26. The number of rotatable bonds is 7. The molecule has 0 aliphatic carbocycles. The Bertz CT molecular complexity index is 949. The van der Waals surface area contributed by atoms with E-state index in [0.29, 0.717) is 12.2 Å². The molecule has 0 aliphatic rings. The molecule has 0 aliphatic heterocycles. The Hall–Kier alpha value is -3.34. The Labute approximate surface area is 158 Å². The second-order valence-corrected chi connectivity index (χ2v) is 5.97. The van der Waals surface area contributed by atoms with Gasteiger partial charge in [-0.3, -0.25) is 4.79 Å². The molecule has 0 saturated heterocycles. The number of ether oxygens (including phenoxy) is 2. The number of amides is 1. The van der Waals surface area contributed by atoms with E-state index in [1.54, 1.807) is 7.11 Å². The van der Waals surface area contributed by atoms with Crippen molar-refractivity contribution in [3.63, 3.8) is 0 Å².